The highest BCUT2D eigenvalue weighted by atomic mass is 19.4. The highest BCUT2D eigenvalue weighted by Gasteiger charge is 2.36. The highest BCUT2D eigenvalue weighted by Crippen LogP contribution is 2.32. The maximum atomic E-state index is 13.4. The smallest absolute Gasteiger partial charge is 0.416 e. The third-order valence-corrected chi connectivity index (χ3v) is 5.12. The first kappa shape index (κ1) is 26.8. The summed E-state index contributed by atoms with van der Waals surface area (Å²) in [5, 5.41) is 22.0. The van der Waals surface area contributed by atoms with Crippen molar-refractivity contribution in [2.75, 3.05) is 6.61 Å². The van der Waals surface area contributed by atoms with Gasteiger partial charge in [0.1, 0.15) is 0 Å². The van der Waals surface area contributed by atoms with Gasteiger partial charge in [0, 0.05) is 6.42 Å². The van der Waals surface area contributed by atoms with Crippen molar-refractivity contribution in [3.63, 3.8) is 0 Å². The van der Waals surface area contributed by atoms with Crippen LogP contribution in [0.1, 0.15) is 46.8 Å². The number of nitrogens with one attached hydrogen (secondary N) is 1. The summed E-state index contributed by atoms with van der Waals surface area (Å²) in [4.78, 5) is 35.8. The van der Waals surface area contributed by atoms with Crippen LogP contribution in [0.25, 0.3) is 0 Å². The number of carboxylic acids is 1. The summed E-state index contributed by atoms with van der Waals surface area (Å²) in [5.41, 5.74) is -0.484. The molecule has 0 aliphatic carbocycles. The lowest BCUT2D eigenvalue weighted by Gasteiger charge is -2.24. The van der Waals surface area contributed by atoms with Crippen molar-refractivity contribution in [3.8, 4) is 0 Å². The molecule has 0 radical (unpaired) electrons. The Morgan fingerprint density at radius 1 is 1.03 bits per heavy atom. The van der Waals surface area contributed by atoms with Crippen LogP contribution in [0.15, 0.2) is 48.5 Å². The molecule has 0 saturated heterocycles. The van der Waals surface area contributed by atoms with Gasteiger partial charge in [-0.05, 0) is 49.4 Å². The van der Waals surface area contributed by atoms with Gasteiger partial charge in [-0.3, -0.25) is 4.79 Å². The van der Waals surface area contributed by atoms with Crippen LogP contribution in [0.4, 0.5) is 13.2 Å². The molecular weight excluding hydrogens is 455 g/mol. The number of hydrogen-bond donors (Lipinski definition) is 3. The van der Waals surface area contributed by atoms with Crippen LogP contribution >= 0.6 is 0 Å². The quantitative estimate of drug-likeness (QED) is 0.424. The molecule has 184 valence electrons. The van der Waals surface area contributed by atoms with E-state index in [0.29, 0.717) is 5.56 Å². The molecule has 0 aliphatic heterocycles. The zero-order chi connectivity index (χ0) is 25.3. The van der Waals surface area contributed by atoms with Crippen LogP contribution in [-0.4, -0.2) is 46.8 Å². The SMILES string of the molecule is CCOC(=O)[C@H](O)C(Cc1ccccc1C(F)(F)F)NC(=O)CCCc1ccccc1C(=O)O. The number of aliphatic hydroxyl groups is 1. The first-order valence-electron chi connectivity index (χ1n) is 10.6. The van der Waals surface area contributed by atoms with Gasteiger partial charge in [0.25, 0.3) is 0 Å². The molecular formula is C24H26F3NO6. The minimum atomic E-state index is -4.66. The lowest BCUT2D eigenvalue weighted by Crippen LogP contribution is -2.49. The Labute approximate surface area is 194 Å². The van der Waals surface area contributed by atoms with E-state index in [1.807, 2.05) is 0 Å². The second-order valence-corrected chi connectivity index (χ2v) is 7.55. The average Bonchev–Trinajstić information content (AvgIpc) is 2.78. The van der Waals surface area contributed by atoms with Gasteiger partial charge in [-0.1, -0.05) is 36.4 Å². The number of aromatic carboxylic acids is 1. The Morgan fingerprint density at radius 3 is 2.26 bits per heavy atom. The number of amides is 1. The van der Waals surface area contributed by atoms with Gasteiger partial charge >= 0.3 is 18.1 Å². The molecule has 0 spiro atoms. The van der Waals surface area contributed by atoms with E-state index in [0.717, 1.165) is 6.07 Å². The minimum Gasteiger partial charge on any atom is -0.478 e. The predicted molar refractivity (Wildman–Crippen MR) is 116 cm³/mol. The fourth-order valence-corrected chi connectivity index (χ4v) is 3.51. The van der Waals surface area contributed by atoms with E-state index in [2.05, 4.69) is 5.32 Å². The number of halogens is 3. The summed E-state index contributed by atoms with van der Waals surface area (Å²) in [6.45, 7) is 1.45. The number of carbonyl (C=O) groups is 3. The molecule has 2 atom stereocenters. The predicted octanol–water partition coefficient (Wildman–Crippen LogP) is 3.38. The van der Waals surface area contributed by atoms with Crippen molar-refractivity contribution in [1.29, 1.82) is 0 Å². The third-order valence-electron chi connectivity index (χ3n) is 5.12. The first-order chi connectivity index (χ1) is 16.0. The Bertz CT molecular complexity index is 1010. The van der Waals surface area contributed by atoms with Gasteiger partial charge in [0.15, 0.2) is 6.10 Å². The Hall–Kier alpha value is -3.40. The molecule has 34 heavy (non-hydrogen) atoms. The maximum absolute atomic E-state index is 13.4. The van der Waals surface area contributed by atoms with E-state index in [1.165, 1.54) is 31.2 Å². The molecule has 10 heteroatoms. The van der Waals surface area contributed by atoms with Crippen LogP contribution in [0.3, 0.4) is 0 Å². The van der Waals surface area contributed by atoms with Crippen LogP contribution in [-0.2, 0) is 33.3 Å². The second-order valence-electron chi connectivity index (χ2n) is 7.55. The van der Waals surface area contributed by atoms with Gasteiger partial charge in [-0.25, -0.2) is 9.59 Å². The summed E-state index contributed by atoms with van der Waals surface area (Å²) < 4.78 is 44.9. The second kappa shape index (κ2) is 12.2. The standard InChI is InChI=1S/C24H26F3NO6/c1-2-34-23(33)21(30)19(14-16-9-4-6-12-18(16)24(25,26)27)28-20(29)13-7-10-15-8-3-5-11-17(15)22(31)32/h3-6,8-9,11-12,19,21,30H,2,7,10,13-14H2,1H3,(H,28,29)(H,31,32)/t19?,21-/m1/s1. The Balaban J connectivity index is 2.13. The van der Waals surface area contributed by atoms with E-state index in [-0.39, 0.29) is 37.0 Å². The summed E-state index contributed by atoms with van der Waals surface area (Å²) in [6.07, 6.45) is -6.56. The van der Waals surface area contributed by atoms with Crippen LogP contribution in [0.2, 0.25) is 0 Å². The molecule has 0 fully saturated rings. The van der Waals surface area contributed by atoms with E-state index in [9.17, 15) is 37.8 Å². The fraction of sp³-hybridized carbons (Fsp3) is 0.375. The minimum absolute atomic E-state index is 0.0569. The third kappa shape index (κ3) is 7.58. The largest absolute Gasteiger partial charge is 0.478 e. The molecule has 2 aromatic carbocycles. The number of hydrogen-bond acceptors (Lipinski definition) is 5. The van der Waals surface area contributed by atoms with Crippen LogP contribution < -0.4 is 5.32 Å². The van der Waals surface area contributed by atoms with Crippen molar-refractivity contribution < 1.29 is 42.5 Å². The molecule has 1 amide bonds. The molecule has 0 saturated carbocycles. The lowest BCUT2D eigenvalue weighted by atomic mass is 9.96. The van der Waals surface area contributed by atoms with Gasteiger partial charge < -0.3 is 20.3 Å². The molecule has 0 aromatic heterocycles. The normalized spacial score (nSPS) is 13.1. The number of carbonyl (C=O) groups excluding carboxylic acids is 2. The number of carboxylic acid groups (broad SMARTS) is 1. The van der Waals surface area contributed by atoms with E-state index < -0.39 is 48.2 Å². The maximum Gasteiger partial charge on any atom is 0.416 e. The number of benzene rings is 2. The van der Waals surface area contributed by atoms with Crippen molar-refractivity contribution in [1.82, 2.24) is 5.32 Å². The summed E-state index contributed by atoms with van der Waals surface area (Å²) in [6, 6.07) is 9.67. The summed E-state index contributed by atoms with van der Waals surface area (Å²) >= 11 is 0. The Kier molecular flexibility index (Phi) is 9.61. The fourth-order valence-electron chi connectivity index (χ4n) is 3.51. The van der Waals surface area contributed by atoms with Gasteiger partial charge in [-0.2, -0.15) is 13.2 Å². The van der Waals surface area contributed by atoms with E-state index in [1.54, 1.807) is 18.2 Å². The molecule has 2 aromatic rings. The van der Waals surface area contributed by atoms with Crippen molar-refractivity contribution in [2.45, 2.75) is 50.9 Å². The van der Waals surface area contributed by atoms with Crippen LogP contribution in [0, 0.1) is 0 Å². The number of alkyl halides is 3. The zero-order valence-corrected chi connectivity index (χ0v) is 18.5. The molecule has 0 heterocycles. The molecule has 0 aliphatic rings. The van der Waals surface area contributed by atoms with E-state index in [4.69, 9.17) is 4.74 Å². The number of esters is 1. The average molecular weight is 481 g/mol. The molecule has 2 rings (SSSR count). The number of ether oxygens (including phenoxy) is 1. The van der Waals surface area contributed by atoms with Crippen molar-refractivity contribution >= 4 is 17.8 Å². The monoisotopic (exact) mass is 481 g/mol. The molecule has 0 bridgehead atoms. The molecule has 1 unspecified atom stereocenters. The van der Waals surface area contributed by atoms with E-state index >= 15 is 0 Å². The zero-order valence-electron chi connectivity index (χ0n) is 18.5. The molecule has 3 N–H and O–H groups in total. The van der Waals surface area contributed by atoms with Gasteiger partial charge in [-0.15, -0.1) is 0 Å². The van der Waals surface area contributed by atoms with Crippen molar-refractivity contribution in [2.24, 2.45) is 0 Å². The Morgan fingerprint density at radius 2 is 1.65 bits per heavy atom. The topological polar surface area (TPSA) is 113 Å². The highest BCUT2D eigenvalue weighted by molar-refractivity contribution is 5.89. The summed E-state index contributed by atoms with van der Waals surface area (Å²) in [5.74, 6) is -2.76. The van der Waals surface area contributed by atoms with Gasteiger partial charge in [0.2, 0.25) is 5.91 Å². The van der Waals surface area contributed by atoms with Crippen molar-refractivity contribution in [3.05, 3.63) is 70.8 Å². The number of aliphatic hydroxyl groups excluding tert-OH is 1. The molecule has 7 nitrogen and oxygen atoms in total. The first-order valence-corrected chi connectivity index (χ1v) is 10.6. The van der Waals surface area contributed by atoms with Crippen LogP contribution in [0.5, 0.6) is 0 Å². The summed E-state index contributed by atoms with van der Waals surface area (Å²) in [7, 11) is 0. The van der Waals surface area contributed by atoms with Gasteiger partial charge in [0.05, 0.1) is 23.8 Å². The number of rotatable bonds is 11. The lowest BCUT2D eigenvalue weighted by molar-refractivity contribution is -0.154. The number of aryl methyl sites for hydroxylation is 1.